The molecule has 0 heterocycles. The highest BCUT2D eigenvalue weighted by atomic mass is 35.5. The van der Waals surface area contributed by atoms with Gasteiger partial charge in [0.25, 0.3) is 0 Å². The van der Waals surface area contributed by atoms with Gasteiger partial charge in [-0.15, -0.1) is 12.4 Å². The third-order valence-corrected chi connectivity index (χ3v) is 1.62. The molecule has 0 spiro atoms. The minimum absolute atomic E-state index is 0. The van der Waals surface area contributed by atoms with Crippen molar-refractivity contribution in [3.8, 4) is 6.07 Å². The van der Waals surface area contributed by atoms with Crippen molar-refractivity contribution >= 4 is 12.4 Å². The number of nitriles is 1. The van der Waals surface area contributed by atoms with Crippen molar-refractivity contribution in [1.29, 1.82) is 5.26 Å². The third-order valence-electron chi connectivity index (χ3n) is 1.62. The maximum atomic E-state index is 12.7. The highest BCUT2D eigenvalue weighted by Crippen LogP contribution is 2.16. The Morgan fingerprint density at radius 1 is 1.29 bits per heavy atom. The number of halogens is 3. The van der Waals surface area contributed by atoms with E-state index in [1.165, 1.54) is 0 Å². The Kier molecular flexibility index (Phi) is 5.06. The van der Waals surface area contributed by atoms with E-state index < -0.39 is 17.7 Å². The van der Waals surface area contributed by atoms with Gasteiger partial charge in [-0.2, -0.15) is 5.26 Å². The second-order valence-corrected chi connectivity index (χ2v) is 2.67. The number of benzene rings is 1. The largest absolute Gasteiger partial charge is 0.323 e. The van der Waals surface area contributed by atoms with E-state index in [9.17, 15) is 8.78 Å². The van der Waals surface area contributed by atoms with Gasteiger partial charge < -0.3 is 5.73 Å². The van der Waals surface area contributed by atoms with Crippen LogP contribution >= 0.6 is 12.4 Å². The fourth-order valence-electron chi connectivity index (χ4n) is 1.01. The van der Waals surface area contributed by atoms with Gasteiger partial charge in [0.1, 0.15) is 11.6 Å². The zero-order valence-corrected chi connectivity index (χ0v) is 8.02. The van der Waals surface area contributed by atoms with Gasteiger partial charge in [-0.25, -0.2) is 8.78 Å². The molecule has 0 fully saturated rings. The van der Waals surface area contributed by atoms with Gasteiger partial charge in [0.05, 0.1) is 12.5 Å². The standard InChI is InChI=1S/C9H8F2N2.ClH/c10-7-3-6(4-8(11)5-7)9(13)1-2-12;/h3-5,9H,1,13H2;1H/t9-;/m1./s1. The Hall–Kier alpha value is -1.18. The number of nitrogens with zero attached hydrogens (tertiary/aromatic N) is 1. The minimum atomic E-state index is -0.677. The Morgan fingerprint density at radius 2 is 1.79 bits per heavy atom. The Balaban J connectivity index is 0.00000169. The summed E-state index contributed by atoms with van der Waals surface area (Å²) in [6, 6.07) is 4.23. The maximum Gasteiger partial charge on any atom is 0.126 e. The average molecular weight is 219 g/mol. The minimum Gasteiger partial charge on any atom is -0.323 e. The van der Waals surface area contributed by atoms with Crippen LogP contribution in [0.2, 0.25) is 0 Å². The highest BCUT2D eigenvalue weighted by molar-refractivity contribution is 5.85. The molecule has 2 N–H and O–H groups in total. The Morgan fingerprint density at radius 3 is 2.21 bits per heavy atom. The van der Waals surface area contributed by atoms with E-state index in [1.807, 2.05) is 6.07 Å². The zero-order valence-electron chi connectivity index (χ0n) is 7.21. The van der Waals surface area contributed by atoms with Crippen LogP contribution in [-0.4, -0.2) is 0 Å². The van der Waals surface area contributed by atoms with Crippen LogP contribution in [0, 0.1) is 23.0 Å². The van der Waals surface area contributed by atoms with Crippen LogP contribution in [0.5, 0.6) is 0 Å². The molecule has 1 rings (SSSR count). The molecule has 0 aliphatic carbocycles. The second kappa shape index (κ2) is 5.53. The first kappa shape index (κ1) is 12.8. The van der Waals surface area contributed by atoms with Crippen LogP contribution < -0.4 is 5.73 Å². The Labute approximate surface area is 86.7 Å². The first-order valence-corrected chi connectivity index (χ1v) is 3.72. The summed E-state index contributed by atoms with van der Waals surface area (Å²) in [7, 11) is 0. The second-order valence-electron chi connectivity index (χ2n) is 2.67. The van der Waals surface area contributed by atoms with Gasteiger partial charge in [0.2, 0.25) is 0 Å². The summed E-state index contributed by atoms with van der Waals surface area (Å²) < 4.78 is 25.3. The fourth-order valence-corrected chi connectivity index (χ4v) is 1.01. The molecule has 0 radical (unpaired) electrons. The number of rotatable bonds is 2. The lowest BCUT2D eigenvalue weighted by atomic mass is 10.1. The van der Waals surface area contributed by atoms with Crippen LogP contribution in [0.25, 0.3) is 0 Å². The van der Waals surface area contributed by atoms with E-state index in [1.54, 1.807) is 0 Å². The van der Waals surface area contributed by atoms with E-state index in [0.717, 1.165) is 18.2 Å². The van der Waals surface area contributed by atoms with Gasteiger partial charge in [-0.1, -0.05) is 0 Å². The summed E-state index contributed by atoms with van der Waals surface area (Å²) in [6.45, 7) is 0. The van der Waals surface area contributed by atoms with Gasteiger partial charge in [-0.05, 0) is 17.7 Å². The molecule has 1 atom stereocenters. The van der Waals surface area contributed by atoms with Gasteiger partial charge in [0, 0.05) is 12.1 Å². The molecular weight excluding hydrogens is 210 g/mol. The monoisotopic (exact) mass is 218 g/mol. The number of hydrogen-bond acceptors (Lipinski definition) is 2. The van der Waals surface area contributed by atoms with Crippen LogP contribution in [0.1, 0.15) is 18.0 Å². The van der Waals surface area contributed by atoms with Crippen molar-refractivity contribution in [3.05, 3.63) is 35.4 Å². The summed E-state index contributed by atoms with van der Waals surface area (Å²) in [4.78, 5) is 0. The lowest BCUT2D eigenvalue weighted by Gasteiger charge is -2.07. The molecule has 1 aromatic rings. The van der Waals surface area contributed by atoms with Crippen molar-refractivity contribution in [2.24, 2.45) is 5.73 Å². The molecular formula is C9H9ClF2N2. The molecule has 0 saturated carbocycles. The molecule has 2 nitrogen and oxygen atoms in total. The van der Waals surface area contributed by atoms with Crippen LogP contribution in [0.3, 0.4) is 0 Å². The molecule has 0 unspecified atom stereocenters. The maximum absolute atomic E-state index is 12.7. The molecule has 0 aliphatic rings. The van der Waals surface area contributed by atoms with Gasteiger partial charge >= 0.3 is 0 Å². The SMILES string of the molecule is Cl.N#CC[C@@H](N)c1cc(F)cc(F)c1. The van der Waals surface area contributed by atoms with Gasteiger partial charge in [-0.3, -0.25) is 0 Å². The molecule has 0 aromatic heterocycles. The fraction of sp³-hybridized carbons (Fsp3) is 0.222. The Bertz CT molecular complexity index is 329. The number of nitrogens with two attached hydrogens (primary N) is 1. The van der Waals surface area contributed by atoms with E-state index in [2.05, 4.69) is 0 Å². The summed E-state index contributed by atoms with van der Waals surface area (Å²) in [5.74, 6) is -1.35. The average Bonchev–Trinajstić information content (AvgIpc) is 2.03. The molecule has 0 bridgehead atoms. The molecule has 76 valence electrons. The first-order chi connectivity index (χ1) is 6.13. The van der Waals surface area contributed by atoms with Crippen LogP contribution in [-0.2, 0) is 0 Å². The lowest BCUT2D eigenvalue weighted by Crippen LogP contribution is -2.09. The van der Waals surface area contributed by atoms with Crippen molar-refractivity contribution in [3.63, 3.8) is 0 Å². The molecule has 0 aliphatic heterocycles. The van der Waals surface area contributed by atoms with Crippen molar-refractivity contribution in [2.45, 2.75) is 12.5 Å². The third kappa shape index (κ3) is 3.29. The smallest absolute Gasteiger partial charge is 0.126 e. The predicted octanol–water partition coefficient (Wildman–Crippen LogP) is 2.30. The lowest BCUT2D eigenvalue weighted by molar-refractivity contribution is 0.574. The molecule has 0 amide bonds. The summed E-state index contributed by atoms with van der Waals surface area (Å²) in [5, 5.41) is 8.32. The number of hydrogen-bond donors (Lipinski definition) is 1. The normalized spacial score (nSPS) is 11.3. The van der Waals surface area contributed by atoms with E-state index in [4.69, 9.17) is 11.0 Å². The summed E-state index contributed by atoms with van der Waals surface area (Å²) in [6.07, 6.45) is 0.0445. The molecule has 1 aromatic carbocycles. The van der Waals surface area contributed by atoms with Crippen molar-refractivity contribution in [2.75, 3.05) is 0 Å². The van der Waals surface area contributed by atoms with E-state index >= 15 is 0 Å². The summed E-state index contributed by atoms with van der Waals surface area (Å²) in [5.41, 5.74) is 5.79. The molecule has 0 saturated heterocycles. The zero-order chi connectivity index (χ0) is 9.84. The van der Waals surface area contributed by atoms with Crippen LogP contribution in [0.15, 0.2) is 18.2 Å². The van der Waals surface area contributed by atoms with Crippen molar-refractivity contribution in [1.82, 2.24) is 0 Å². The first-order valence-electron chi connectivity index (χ1n) is 3.72. The van der Waals surface area contributed by atoms with Crippen LogP contribution in [0.4, 0.5) is 8.78 Å². The molecule has 14 heavy (non-hydrogen) atoms. The molecule has 5 heteroatoms. The van der Waals surface area contributed by atoms with E-state index in [0.29, 0.717) is 5.56 Å². The quantitative estimate of drug-likeness (QED) is 0.828. The van der Waals surface area contributed by atoms with Crippen molar-refractivity contribution < 1.29 is 8.78 Å². The van der Waals surface area contributed by atoms with E-state index in [-0.39, 0.29) is 18.8 Å². The summed E-state index contributed by atoms with van der Waals surface area (Å²) >= 11 is 0. The predicted molar refractivity (Wildman–Crippen MR) is 50.8 cm³/mol. The topological polar surface area (TPSA) is 49.8 Å². The van der Waals surface area contributed by atoms with Gasteiger partial charge in [0.15, 0.2) is 0 Å². The highest BCUT2D eigenvalue weighted by Gasteiger charge is 2.08.